The van der Waals surface area contributed by atoms with Gasteiger partial charge in [0.1, 0.15) is 5.75 Å². The van der Waals surface area contributed by atoms with E-state index < -0.39 is 11.3 Å². The summed E-state index contributed by atoms with van der Waals surface area (Å²) in [5.74, 6) is 3.48. The summed E-state index contributed by atoms with van der Waals surface area (Å²) in [5.41, 5.74) is 7.23. The first kappa shape index (κ1) is 16.2. The summed E-state index contributed by atoms with van der Waals surface area (Å²) in [6.07, 6.45) is 8.02. The topological polar surface area (TPSA) is 65.2 Å². The SMILES string of the molecule is C#Cc1cnc2c(C)cc(OC(SCCC)C(N)=O)cc2c1. The molecular formula is C17H18N2O2S. The van der Waals surface area contributed by atoms with E-state index in [1.54, 1.807) is 6.20 Å². The molecule has 1 aromatic carbocycles. The number of thioether (sulfide) groups is 1. The van der Waals surface area contributed by atoms with Gasteiger partial charge in [-0.3, -0.25) is 9.78 Å². The molecule has 22 heavy (non-hydrogen) atoms. The van der Waals surface area contributed by atoms with Gasteiger partial charge in [-0.2, -0.15) is 0 Å². The lowest BCUT2D eigenvalue weighted by Gasteiger charge is -2.16. The molecule has 1 heterocycles. The molecule has 114 valence electrons. The number of primary amides is 1. The highest BCUT2D eigenvalue weighted by molar-refractivity contribution is 8.00. The van der Waals surface area contributed by atoms with Gasteiger partial charge in [0, 0.05) is 17.1 Å². The Hall–Kier alpha value is -2.19. The molecule has 0 radical (unpaired) electrons. The van der Waals surface area contributed by atoms with Crippen LogP contribution in [-0.4, -0.2) is 22.1 Å². The molecule has 2 aromatic rings. The minimum Gasteiger partial charge on any atom is -0.470 e. The first-order chi connectivity index (χ1) is 10.5. The molecular weight excluding hydrogens is 296 g/mol. The number of nitrogens with zero attached hydrogens (tertiary/aromatic N) is 1. The van der Waals surface area contributed by atoms with E-state index in [1.807, 2.05) is 32.0 Å². The predicted molar refractivity (Wildman–Crippen MR) is 90.8 cm³/mol. The van der Waals surface area contributed by atoms with Crippen LogP contribution in [0.25, 0.3) is 10.9 Å². The van der Waals surface area contributed by atoms with Gasteiger partial charge in [0.2, 0.25) is 5.44 Å². The average Bonchev–Trinajstić information content (AvgIpc) is 2.50. The zero-order valence-corrected chi connectivity index (χ0v) is 13.4. The number of nitrogens with two attached hydrogens (primary N) is 1. The van der Waals surface area contributed by atoms with Crippen LogP contribution in [0.15, 0.2) is 24.4 Å². The molecule has 0 bridgehead atoms. The van der Waals surface area contributed by atoms with Crippen LogP contribution in [0, 0.1) is 19.3 Å². The van der Waals surface area contributed by atoms with Gasteiger partial charge < -0.3 is 10.5 Å². The van der Waals surface area contributed by atoms with Crippen molar-refractivity contribution in [2.45, 2.75) is 25.7 Å². The van der Waals surface area contributed by atoms with Crippen molar-refractivity contribution in [3.8, 4) is 18.1 Å². The van der Waals surface area contributed by atoms with Gasteiger partial charge in [-0.1, -0.05) is 12.8 Å². The van der Waals surface area contributed by atoms with Crippen molar-refractivity contribution in [3.05, 3.63) is 35.5 Å². The van der Waals surface area contributed by atoms with Crippen molar-refractivity contribution >= 4 is 28.6 Å². The second-order valence-corrected chi connectivity index (χ2v) is 6.07. The molecule has 0 aliphatic heterocycles. The van der Waals surface area contributed by atoms with Crippen molar-refractivity contribution in [1.29, 1.82) is 0 Å². The summed E-state index contributed by atoms with van der Waals surface area (Å²) in [6, 6.07) is 5.56. The van der Waals surface area contributed by atoms with Crippen LogP contribution < -0.4 is 10.5 Å². The van der Waals surface area contributed by atoms with Crippen LogP contribution in [0.5, 0.6) is 5.75 Å². The van der Waals surface area contributed by atoms with Gasteiger partial charge in [-0.05, 0) is 42.9 Å². The molecule has 1 aromatic heterocycles. The predicted octanol–water partition coefficient (Wildman–Crippen LogP) is 2.86. The molecule has 0 aliphatic rings. The fraction of sp³-hybridized carbons (Fsp3) is 0.294. The number of fused-ring (bicyclic) bond motifs is 1. The van der Waals surface area contributed by atoms with E-state index in [0.29, 0.717) is 11.3 Å². The van der Waals surface area contributed by atoms with E-state index in [4.69, 9.17) is 16.9 Å². The molecule has 5 heteroatoms. The molecule has 1 atom stereocenters. The highest BCUT2D eigenvalue weighted by Crippen LogP contribution is 2.26. The number of ether oxygens (including phenoxy) is 1. The molecule has 4 nitrogen and oxygen atoms in total. The Morgan fingerprint density at radius 1 is 1.50 bits per heavy atom. The van der Waals surface area contributed by atoms with Crippen molar-refractivity contribution in [3.63, 3.8) is 0 Å². The summed E-state index contributed by atoms with van der Waals surface area (Å²) in [7, 11) is 0. The van der Waals surface area contributed by atoms with Gasteiger partial charge >= 0.3 is 0 Å². The molecule has 1 unspecified atom stereocenters. The van der Waals surface area contributed by atoms with Crippen molar-refractivity contribution < 1.29 is 9.53 Å². The fourth-order valence-corrected chi connectivity index (χ4v) is 2.86. The fourth-order valence-electron chi connectivity index (χ4n) is 2.07. The number of aryl methyl sites for hydroxylation is 1. The number of amides is 1. The Morgan fingerprint density at radius 3 is 2.91 bits per heavy atom. The number of rotatable bonds is 6. The van der Waals surface area contributed by atoms with Crippen LogP contribution in [0.1, 0.15) is 24.5 Å². The first-order valence-corrected chi connectivity index (χ1v) is 8.04. The number of benzene rings is 1. The third kappa shape index (κ3) is 3.71. The summed E-state index contributed by atoms with van der Waals surface area (Å²) < 4.78 is 5.75. The van der Waals surface area contributed by atoms with Crippen LogP contribution in [0.4, 0.5) is 0 Å². The third-order valence-corrected chi connectivity index (χ3v) is 4.34. The van der Waals surface area contributed by atoms with Gasteiger partial charge in [0.25, 0.3) is 5.91 Å². The second kappa shape index (κ2) is 7.19. The smallest absolute Gasteiger partial charge is 0.269 e. The maximum atomic E-state index is 11.5. The number of carbonyl (C=O) groups is 1. The normalized spacial score (nSPS) is 11.9. The Kier molecular flexibility index (Phi) is 5.29. The monoisotopic (exact) mass is 314 g/mol. The van der Waals surface area contributed by atoms with Crippen molar-refractivity contribution in [1.82, 2.24) is 4.98 Å². The number of carbonyl (C=O) groups excluding carboxylic acids is 1. The number of aromatic nitrogens is 1. The zero-order valence-electron chi connectivity index (χ0n) is 12.6. The van der Waals surface area contributed by atoms with Crippen LogP contribution in [0.2, 0.25) is 0 Å². The summed E-state index contributed by atoms with van der Waals surface area (Å²) in [6.45, 7) is 3.98. The maximum absolute atomic E-state index is 11.5. The lowest BCUT2D eigenvalue weighted by atomic mass is 10.1. The van der Waals surface area contributed by atoms with Crippen LogP contribution in [-0.2, 0) is 4.79 Å². The van der Waals surface area contributed by atoms with Gasteiger partial charge in [-0.15, -0.1) is 18.2 Å². The maximum Gasteiger partial charge on any atom is 0.269 e. The molecule has 1 amide bonds. The van der Waals surface area contributed by atoms with Gasteiger partial charge in [-0.25, -0.2) is 0 Å². The Labute approximate surface area is 134 Å². The average molecular weight is 314 g/mol. The van der Waals surface area contributed by atoms with E-state index >= 15 is 0 Å². The highest BCUT2D eigenvalue weighted by Gasteiger charge is 2.18. The van der Waals surface area contributed by atoms with Crippen molar-refractivity contribution in [2.24, 2.45) is 5.73 Å². The van der Waals surface area contributed by atoms with Crippen molar-refractivity contribution in [2.75, 3.05) is 5.75 Å². The lowest BCUT2D eigenvalue weighted by molar-refractivity contribution is -0.121. The quantitative estimate of drug-likeness (QED) is 0.658. The number of terminal acetylenes is 1. The molecule has 0 fully saturated rings. The van der Waals surface area contributed by atoms with Crippen LogP contribution in [0.3, 0.4) is 0 Å². The number of pyridine rings is 1. The first-order valence-electron chi connectivity index (χ1n) is 6.99. The molecule has 2 N–H and O–H groups in total. The number of hydrogen-bond donors (Lipinski definition) is 1. The Balaban J connectivity index is 2.34. The van der Waals surface area contributed by atoms with Gasteiger partial charge in [0.15, 0.2) is 0 Å². The van der Waals surface area contributed by atoms with E-state index in [2.05, 4.69) is 10.9 Å². The third-order valence-electron chi connectivity index (χ3n) is 3.06. The molecule has 2 rings (SSSR count). The minimum atomic E-state index is -0.694. The largest absolute Gasteiger partial charge is 0.470 e. The highest BCUT2D eigenvalue weighted by atomic mass is 32.2. The zero-order chi connectivity index (χ0) is 16.1. The van der Waals surface area contributed by atoms with E-state index in [9.17, 15) is 4.79 Å². The van der Waals surface area contributed by atoms with Crippen LogP contribution >= 0.6 is 11.8 Å². The Morgan fingerprint density at radius 2 is 2.27 bits per heavy atom. The molecule has 0 saturated heterocycles. The van der Waals surface area contributed by atoms with E-state index in [0.717, 1.165) is 28.6 Å². The number of hydrogen-bond acceptors (Lipinski definition) is 4. The molecule has 0 aliphatic carbocycles. The summed E-state index contributed by atoms with van der Waals surface area (Å²) in [4.78, 5) is 15.9. The summed E-state index contributed by atoms with van der Waals surface area (Å²) >= 11 is 1.40. The summed E-state index contributed by atoms with van der Waals surface area (Å²) in [5, 5.41) is 0.883. The Bertz CT molecular complexity index is 737. The molecule has 0 saturated carbocycles. The standard InChI is InChI=1S/C17H18N2O2S/c1-4-6-22-17(16(18)20)21-14-7-11(3)15-13(9-14)8-12(5-2)10-19-15/h2,7-10,17H,4,6H2,1,3H3,(H2,18,20). The molecule has 0 spiro atoms. The minimum absolute atomic E-state index is 0.480. The van der Waals surface area contributed by atoms with Gasteiger partial charge in [0.05, 0.1) is 5.52 Å². The second-order valence-electron chi connectivity index (χ2n) is 4.90. The van der Waals surface area contributed by atoms with E-state index in [-0.39, 0.29) is 0 Å². The lowest BCUT2D eigenvalue weighted by Crippen LogP contribution is -2.31. The van der Waals surface area contributed by atoms with E-state index in [1.165, 1.54) is 11.8 Å².